The van der Waals surface area contributed by atoms with Crippen molar-refractivity contribution >= 4 is 5.91 Å². The lowest BCUT2D eigenvalue weighted by Gasteiger charge is -2.22. The van der Waals surface area contributed by atoms with Gasteiger partial charge < -0.3 is 14.6 Å². The number of amides is 1. The first-order valence-corrected chi connectivity index (χ1v) is 9.73. The zero-order chi connectivity index (χ0) is 21.1. The van der Waals surface area contributed by atoms with E-state index in [1.165, 1.54) is 30.3 Å². The minimum atomic E-state index is -0.703. The minimum Gasteiger partial charge on any atom is -0.481 e. The van der Waals surface area contributed by atoms with E-state index in [4.69, 9.17) is 4.74 Å². The maximum atomic E-state index is 13.0. The molecule has 0 unspecified atom stereocenters. The number of halogens is 1. The maximum absolute atomic E-state index is 13.0. The molecule has 7 nitrogen and oxygen atoms in total. The van der Waals surface area contributed by atoms with E-state index in [1.807, 2.05) is 6.07 Å². The Hall–Kier alpha value is -3.55. The van der Waals surface area contributed by atoms with E-state index < -0.39 is 6.10 Å². The predicted octanol–water partition coefficient (Wildman–Crippen LogP) is 2.75. The van der Waals surface area contributed by atoms with E-state index in [-0.39, 0.29) is 23.2 Å². The highest BCUT2D eigenvalue weighted by Crippen LogP contribution is 2.27. The molecule has 8 heteroatoms. The fourth-order valence-corrected chi connectivity index (χ4v) is 3.54. The number of aromatic amines is 1. The largest absolute Gasteiger partial charge is 0.481 e. The predicted molar refractivity (Wildman–Crippen MR) is 109 cm³/mol. The van der Waals surface area contributed by atoms with Gasteiger partial charge in [-0.2, -0.15) is 0 Å². The van der Waals surface area contributed by atoms with E-state index in [0.29, 0.717) is 42.5 Å². The first kappa shape index (κ1) is 19.8. The Balaban J connectivity index is 1.45. The van der Waals surface area contributed by atoms with Gasteiger partial charge in [0.2, 0.25) is 0 Å². The van der Waals surface area contributed by atoms with Crippen LogP contribution in [0.1, 0.15) is 25.0 Å². The highest BCUT2D eigenvalue weighted by atomic mass is 19.1. The molecule has 1 aromatic carbocycles. The molecule has 1 amide bonds. The minimum absolute atomic E-state index is 0.0447. The molecule has 1 aliphatic heterocycles. The summed E-state index contributed by atoms with van der Waals surface area (Å²) in [6, 6.07) is 12.4. The molecule has 1 saturated heterocycles. The monoisotopic (exact) mass is 408 g/mol. The van der Waals surface area contributed by atoms with E-state index >= 15 is 0 Å². The number of carbonyl (C=O) groups excluding carboxylic acids is 1. The number of nitrogens with zero attached hydrogens (tertiary/aromatic N) is 3. The Morgan fingerprint density at radius 1 is 1.27 bits per heavy atom. The zero-order valence-corrected chi connectivity index (χ0v) is 16.4. The molecular weight excluding hydrogens is 387 g/mol. The number of H-pyrrole nitrogens is 1. The summed E-state index contributed by atoms with van der Waals surface area (Å²) in [4.78, 5) is 38.2. The first-order valence-electron chi connectivity index (χ1n) is 9.73. The standard InChI is InChI=1S/C22H21FN4O3/c1-14(30-17-7-5-16(23)6-8-17)22(29)27-11-9-15(13-27)19-12-20(28)26-21(25-19)18-4-2-3-10-24-18/h2-8,10,12,14-15H,9,11,13H2,1H3,(H,25,26,28)/t14-,15-/m1/s1. The van der Waals surface area contributed by atoms with Gasteiger partial charge in [0, 0.05) is 31.3 Å². The van der Waals surface area contributed by atoms with Crippen LogP contribution in [0.4, 0.5) is 4.39 Å². The van der Waals surface area contributed by atoms with Crippen LogP contribution in [-0.2, 0) is 4.79 Å². The molecule has 0 aliphatic carbocycles. The Morgan fingerprint density at radius 3 is 2.80 bits per heavy atom. The molecule has 3 heterocycles. The molecule has 0 radical (unpaired) electrons. The molecule has 2 atom stereocenters. The topological polar surface area (TPSA) is 88.2 Å². The number of pyridine rings is 1. The molecule has 0 spiro atoms. The van der Waals surface area contributed by atoms with Crippen molar-refractivity contribution in [3.8, 4) is 17.3 Å². The molecule has 4 rings (SSSR count). The van der Waals surface area contributed by atoms with E-state index in [9.17, 15) is 14.0 Å². The lowest BCUT2D eigenvalue weighted by atomic mass is 10.0. The number of rotatable bonds is 5. The fourth-order valence-electron chi connectivity index (χ4n) is 3.54. The van der Waals surface area contributed by atoms with Crippen molar-refractivity contribution in [2.45, 2.75) is 25.4 Å². The van der Waals surface area contributed by atoms with Crippen LogP contribution in [0.5, 0.6) is 5.75 Å². The van der Waals surface area contributed by atoms with Gasteiger partial charge in [-0.05, 0) is 49.7 Å². The van der Waals surface area contributed by atoms with Crippen molar-refractivity contribution in [3.63, 3.8) is 0 Å². The highest BCUT2D eigenvalue weighted by molar-refractivity contribution is 5.81. The first-order chi connectivity index (χ1) is 14.5. The summed E-state index contributed by atoms with van der Waals surface area (Å²) < 4.78 is 18.7. The summed E-state index contributed by atoms with van der Waals surface area (Å²) in [7, 11) is 0. The van der Waals surface area contributed by atoms with Crippen molar-refractivity contribution in [1.82, 2.24) is 19.9 Å². The van der Waals surface area contributed by atoms with Crippen LogP contribution in [0.15, 0.2) is 59.5 Å². The average molecular weight is 408 g/mol. The number of ether oxygens (including phenoxy) is 1. The van der Waals surface area contributed by atoms with Gasteiger partial charge in [-0.15, -0.1) is 0 Å². The molecule has 154 valence electrons. The smallest absolute Gasteiger partial charge is 0.263 e. The van der Waals surface area contributed by atoms with Gasteiger partial charge in [-0.25, -0.2) is 9.37 Å². The average Bonchev–Trinajstić information content (AvgIpc) is 3.25. The summed E-state index contributed by atoms with van der Waals surface area (Å²) >= 11 is 0. The third kappa shape index (κ3) is 4.37. The van der Waals surface area contributed by atoms with Gasteiger partial charge in [0.25, 0.3) is 11.5 Å². The van der Waals surface area contributed by atoms with E-state index in [1.54, 1.807) is 30.2 Å². The lowest BCUT2D eigenvalue weighted by Crippen LogP contribution is -2.39. The van der Waals surface area contributed by atoms with Crippen molar-refractivity contribution in [3.05, 3.63) is 76.6 Å². The number of benzene rings is 1. The Morgan fingerprint density at radius 2 is 2.07 bits per heavy atom. The van der Waals surface area contributed by atoms with Gasteiger partial charge in [0.15, 0.2) is 11.9 Å². The number of nitrogens with one attached hydrogen (secondary N) is 1. The second-order valence-corrected chi connectivity index (χ2v) is 7.22. The lowest BCUT2D eigenvalue weighted by molar-refractivity contribution is -0.136. The van der Waals surface area contributed by atoms with Crippen LogP contribution in [-0.4, -0.2) is 45.0 Å². The maximum Gasteiger partial charge on any atom is 0.263 e. The van der Waals surface area contributed by atoms with Crippen LogP contribution in [0.3, 0.4) is 0 Å². The summed E-state index contributed by atoms with van der Waals surface area (Å²) in [5.41, 5.74) is 0.976. The Kier molecular flexibility index (Phi) is 5.56. The van der Waals surface area contributed by atoms with Crippen molar-refractivity contribution < 1.29 is 13.9 Å². The summed E-state index contributed by atoms with van der Waals surface area (Å²) in [6.07, 6.45) is 1.64. The van der Waals surface area contributed by atoms with Gasteiger partial charge in [0.05, 0.1) is 5.69 Å². The summed E-state index contributed by atoms with van der Waals surface area (Å²) in [5.74, 6) is 0.285. The van der Waals surface area contributed by atoms with Crippen LogP contribution in [0.2, 0.25) is 0 Å². The van der Waals surface area contributed by atoms with Crippen LogP contribution < -0.4 is 10.3 Å². The molecule has 0 bridgehead atoms. The second-order valence-electron chi connectivity index (χ2n) is 7.22. The number of likely N-dealkylation sites (tertiary alicyclic amines) is 1. The van der Waals surface area contributed by atoms with Crippen LogP contribution >= 0.6 is 0 Å². The fraction of sp³-hybridized carbons (Fsp3) is 0.273. The van der Waals surface area contributed by atoms with Gasteiger partial charge in [-0.3, -0.25) is 14.6 Å². The van der Waals surface area contributed by atoms with Crippen molar-refractivity contribution in [2.75, 3.05) is 13.1 Å². The van der Waals surface area contributed by atoms with Crippen molar-refractivity contribution in [1.29, 1.82) is 0 Å². The van der Waals surface area contributed by atoms with E-state index in [2.05, 4.69) is 15.0 Å². The van der Waals surface area contributed by atoms with Crippen LogP contribution in [0, 0.1) is 5.82 Å². The number of hydrogen-bond donors (Lipinski definition) is 1. The molecule has 1 fully saturated rings. The van der Waals surface area contributed by atoms with Crippen LogP contribution in [0.25, 0.3) is 11.5 Å². The molecular formula is C22H21FN4O3. The summed E-state index contributed by atoms with van der Waals surface area (Å²) in [6.45, 7) is 2.67. The van der Waals surface area contributed by atoms with Crippen molar-refractivity contribution in [2.24, 2.45) is 0 Å². The van der Waals surface area contributed by atoms with Gasteiger partial charge >= 0.3 is 0 Å². The van der Waals surface area contributed by atoms with Gasteiger partial charge in [-0.1, -0.05) is 6.07 Å². The SMILES string of the molecule is C[C@@H](Oc1ccc(F)cc1)C(=O)N1CC[C@@H](c2cc(=O)[nH]c(-c3ccccn3)n2)C1. The summed E-state index contributed by atoms with van der Waals surface area (Å²) in [5, 5.41) is 0. The number of aromatic nitrogens is 3. The molecule has 30 heavy (non-hydrogen) atoms. The molecule has 3 aromatic rings. The molecule has 0 saturated carbocycles. The number of hydrogen-bond acceptors (Lipinski definition) is 5. The quantitative estimate of drug-likeness (QED) is 0.701. The third-order valence-electron chi connectivity index (χ3n) is 5.06. The highest BCUT2D eigenvalue weighted by Gasteiger charge is 2.31. The Bertz CT molecular complexity index is 1090. The molecule has 1 N–H and O–H groups in total. The molecule has 2 aromatic heterocycles. The zero-order valence-electron chi connectivity index (χ0n) is 16.4. The van der Waals surface area contributed by atoms with Gasteiger partial charge in [0.1, 0.15) is 17.3 Å². The Labute approximate surface area is 172 Å². The number of carbonyl (C=O) groups is 1. The van der Waals surface area contributed by atoms with E-state index in [0.717, 1.165) is 0 Å². The third-order valence-corrected chi connectivity index (χ3v) is 5.06. The molecule has 1 aliphatic rings. The second kappa shape index (κ2) is 8.44. The normalized spacial score (nSPS) is 17.0.